The van der Waals surface area contributed by atoms with Gasteiger partial charge in [-0.15, -0.1) is 0 Å². The first-order valence-corrected chi connectivity index (χ1v) is 2.50. The van der Waals surface area contributed by atoms with Gasteiger partial charge in [0.1, 0.15) is 0 Å². The third-order valence-corrected chi connectivity index (χ3v) is 0.622. The second-order valence-corrected chi connectivity index (χ2v) is 1.69. The van der Waals surface area contributed by atoms with E-state index in [9.17, 15) is 9.59 Å². The lowest BCUT2D eigenvalue weighted by Crippen LogP contribution is -1.84. The Kier molecular flexibility index (Phi) is 2.48. The Morgan fingerprint density at radius 1 is 1.33 bits per heavy atom. The van der Waals surface area contributed by atoms with Crippen LogP contribution in [0.1, 0.15) is 0 Å². The van der Waals surface area contributed by atoms with Crippen molar-refractivity contribution in [3.8, 4) is 0 Å². The van der Waals surface area contributed by atoms with Crippen molar-refractivity contribution >= 4 is 21.9 Å². The number of hydrogen-bond acceptors (Lipinski definition) is 3. The monoisotopic (exact) mass is 105 g/mol. The highest BCUT2D eigenvalue weighted by Crippen LogP contribution is 1.60. The van der Waals surface area contributed by atoms with Gasteiger partial charge in [0.15, 0.2) is 11.2 Å². The summed E-state index contributed by atoms with van der Waals surface area (Å²) in [6, 6.07) is 0. The molecular weight excluding hydrogens is 102 g/mol. The van der Waals surface area contributed by atoms with Gasteiger partial charge in [0.25, 0.3) is 0 Å². The third-order valence-electron chi connectivity index (χ3n) is 0.207. The van der Waals surface area contributed by atoms with Gasteiger partial charge < -0.3 is 0 Å². The van der Waals surface area contributed by atoms with Crippen LogP contribution in [0.5, 0.6) is 0 Å². The molecule has 34 valence electrons. The second kappa shape index (κ2) is 2.71. The molecule has 0 saturated carbocycles. The van der Waals surface area contributed by atoms with E-state index in [0.29, 0.717) is 11.2 Å². The Balaban J connectivity index is 3.52. The van der Waals surface area contributed by atoms with Gasteiger partial charge in [-0.2, -0.15) is 0 Å². The highest BCUT2D eigenvalue weighted by molar-refractivity contribution is 8.10. The van der Waals surface area contributed by atoms with E-state index < -0.39 is 10.7 Å². The Hall–Kier alpha value is -0.510. The van der Waals surface area contributed by atoms with Gasteiger partial charge in [0.2, 0.25) is 0 Å². The molecule has 1 N–H and O–H groups in total. The first-order chi connectivity index (χ1) is 2.81. The van der Waals surface area contributed by atoms with E-state index in [1.165, 1.54) is 0 Å². The van der Waals surface area contributed by atoms with Crippen LogP contribution in [-0.2, 0) is 20.3 Å². The zero-order chi connectivity index (χ0) is 4.99. The summed E-state index contributed by atoms with van der Waals surface area (Å²) >= 11 is 0. The molecule has 0 heterocycles. The maximum Gasteiger partial charge on any atom is 0.193 e. The number of carbonyl (C=O) groups is 2. The Morgan fingerprint density at radius 2 is 1.67 bits per heavy atom. The van der Waals surface area contributed by atoms with Crippen molar-refractivity contribution < 1.29 is 9.59 Å². The predicted octanol–water partition coefficient (Wildman–Crippen LogP) is -0.253. The van der Waals surface area contributed by atoms with Crippen molar-refractivity contribution in [2.75, 3.05) is 0 Å². The van der Waals surface area contributed by atoms with Crippen LogP contribution in [0, 0.1) is 4.78 Å². The molecule has 0 aliphatic heterocycles. The molecule has 0 spiro atoms. The quantitative estimate of drug-likeness (QED) is 0.492. The minimum atomic E-state index is -1.40. The Morgan fingerprint density at radius 3 is 1.67 bits per heavy atom. The van der Waals surface area contributed by atoms with Crippen molar-refractivity contribution in [3.05, 3.63) is 0 Å². The molecule has 0 amide bonds. The van der Waals surface area contributed by atoms with Gasteiger partial charge in [-0.25, -0.2) is 0 Å². The SMILES string of the molecule is N=S(C=O)C=O. The minimum Gasteiger partial charge on any atom is -0.289 e. The van der Waals surface area contributed by atoms with Crippen molar-refractivity contribution in [1.82, 2.24) is 0 Å². The summed E-state index contributed by atoms with van der Waals surface area (Å²) in [5.41, 5.74) is 0.597. The fourth-order valence-electron chi connectivity index (χ4n) is 0.0227. The fraction of sp³-hybridized carbons (Fsp3) is 0. The molecule has 0 saturated heterocycles. The normalized spacial score (nSPS) is 8.17. The summed E-state index contributed by atoms with van der Waals surface area (Å²) in [5, 5.41) is 0. The van der Waals surface area contributed by atoms with Crippen LogP contribution < -0.4 is 0 Å². The zero-order valence-corrected chi connectivity index (χ0v) is 3.70. The number of carbonyl (C=O) groups excluding carboxylic acids is 2. The molecule has 0 aromatic carbocycles. The predicted molar refractivity (Wildman–Crippen MR) is 23.6 cm³/mol. The van der Waals surface area contributed by atoms with Gasteiger partial charge in [-0.05, 0) is 0 Å². The molecule has 0 aliphatic carbocycles. The average Bonchev–Trinajstić information content (AvgIpc) is 1.65. The fourth-order valence-corrected chi connectivity index (χ4v) is 0.0680. The third kappa shape index (κ3) is 1.78. The largest absolute Gasteiger partial charge is 0.289 e. The summed E-state index contributed by atoms with van der Waals surface area (Å²) in [7, 11) is -1.40. The molecule has 0 aromatic rings. The summed E-state index contributed by atoms with van der Waals surface area (Å²) in [5.74, 6) is 0. The molecule has 0 aliphatic rings. The molecule has 4 heteroatoms. The van der Waals surface area contributed by atoms with Gasteiger partial charge >= 0.3 is 0 Å². The first kappa shape index (κ1) is 5.49. The van der Waals surface area contributed by atoms with Crippen LogP contribution in [-0.4, -0.2) is 11.2 Å². The highest BCUT2D eigenvalue weighted by Gasteiger charge is 1.77. The van der Waals surface area contributed by atoms with E-state index in [4.69, 9.17) is 4.78 Å². The summed E-state index contributed by atoms with van der Waals surface area (Å²) in [4.78, 5) is 18.7. The second-order valence-electron chi connectivity index (χ2n) is 0.564. The van der Waals surface area contributed by atoms with Gasteiger partial charge in [-0.3, -0.25) is 14.4 Å². The molecule has 0 unspecified atom stereocenters. The molecule has 6 heavy (non-hydrogen) atoms. The molecule has 0 aromatic heterocycles. The molecule has 0 fully saturated rings. The zero-order valence-electron chi connectivity index (χ0n) is 2.88. The summed E-state index contributed by atoms with van der Waals surface area (Å²) < 4.78 is 6.36. The molecule has 0 atom stereocenters. The van der Waals surface area contributed by atoms with Crippen LogP contribution in [0.4, 0.5) is 0 Å². The Labute approximate surface area is 37.2 Å². The number of rotatable bonds is 2. The standard InChI is InChI=1S/C2H3NO2S/c3-6(1-4)2-5/h1-3H. The minimum absolute atomic E-state index is 0.299. The van der Waals surface area contributed by atoms with Crippen LogP contribution in [0.15, 0.2) is 0 Å². The van der Waals surface area contributed by atoms with E-state index in [0.717, 1.165) is 0 Å². The maximum absolute atomic E-state index is 9.33. The maximum atomic E-state index is 9.33. The molecular formula is C2H3NO2S. The molecule has 0 rings (SSSR count). The van der Waals surface area contributed by atoms with E-state index in [1.807, 2.05) is 0 Å². The van der Waals surface area contributed by atoms with Gasteiger partial charge in [-0.1, -0.05) is 0 Å². The highest BCUT2D eigenvalue weighted by atomic mass is 32.2. The van der Waals surface area contributed by atoms with Gasteiger partial charge in [0, 0.05) is 10.7 Å². The summed E-state index contributed by atoms with van der Waals surface area (Å²) in [6.45, 7) is 0. The Bertz CT molecular complexity index is 79.5. The van der Waals surface area contributed by atoms with E-state index in [-0.39, 0.29) is 0 Å². The summed E-state index contributed by atoms with van der Waals surface area (Å²) in [6.07, 6.45) is 0. The topological polar surface area (TPSA) is 58.0 Å². The molecule has 0 bridgehead atoms. The lowest BCUT2D eigenvalue weighted by Gasteiger charge is -1.67. The van der Waals surface area contributed by atoms with Crippen molar-refractivity contribution in [1.29, 1.82) is 4.78 Å². The van der Waals surface area contributed by atoms with Crippen molar-refractivity contribution in [2.24, 2.45) is 0 Å². The molecule has 0 radical (unpaired) electrons. The van der Waals surface area contributed by atoms with E-state index in [2.05, 4.69) is 0 Å². The number of nitrogens with one attached hydrogen (secondary N) is 1. The van der Waals surface area contributed by atoms with Crippen LogP contribution >= 0.6 is 0 Å². The molecule has 3 nitrogen and oxygen atoms in total. The first-order valence-electron chi connectivity index (χ1n) is 1.15. The van der Waals surface area contributed by atoms with Crippen LogP contribution in [0.3, 0.4) is 0 Å². The van der Waals surface area contributed by atoms with Crippen LogP contribution in [0.2, 0.25) is 0 Å². The van der Waals surface area contributed by atoms with E-state index in [1.54, 1.807) is 0 Å². The average molecular weight is 105 g/mol. The lowest BCUT2D eigenvalue weighted by atomic mass is 11.8. The van der Waals surface area contributed by atoms with Crippen LogP contribution in [0.25, 0.3) is 0 Å². The van der Waals surface area contributed by atoms with Gasteiger partial charge in [0.05, 0.1) is 0 Å². The van der Waals surface area contributed by atoms with E-state index >= 15 is 0 Å². The number of hydrogen-bond donors (Lipinski definition) is 1. The van der Waals surface area contributed by atoms with Crippen molar-refractivity contribution in [2.45, 2.75) is 0 Å². The lowest BCUT2D eigenvalue weighted by molar-refractivity contribution is 0.566. The smallest absolute Gasteiger partial charge is 0.193 e. The van der Waals surface area contributed by atoms with Crippen molar-refractivity contribution in [3.63, 3.8) is 0 Å².